The summed E-state index contributed by atoms with van der Waals surface area (Å²) in [6, 6.07) is 17.5. The van der Waals surface area contributed by atoms with Crippen molar-refractivity contribution < 1.29 is 17.9 Å². The lowest BCUT2D eigenvalue weighted by Crippen LogP contribution is -2.40. The Balaban J connectivity index is 1.92. The van der Waals surface area contributed by atoms with Gasteiger partial charge in [-0.15, -0.1) is 0 Å². The summed E-state index contributed by atoms with van der Waals surface area (Å²) in [6.07, 6.45) is 0.116. The molecule has 0 saturated heterocycles. The van der Waals surface area contributed by atoms with Crippen LogP contribution in [-0.2, 0) is 21.2 Å². The van der Waals surface area contributed by atoms with Gasteiger partial charge in [0.15, 0.2) is 0 Å². The van der Waals surface area contributed by atoms with Gasteiger partial charge >= 0.3 is 0 Å². The molecule has 1 heterocycles. The standard InChI is InChI=1S/C22H24N2O4S/c1-15-13-18(28-3)10-11-19(15)21(25)20-12-9-17(24-20)14-22(2,29(23,26)27)16-7-5-4-6-8-16/h4-13,24H,14H2,1-3H3,(H2,23,26,27). The van der Waals surface area contributed by atoms with Crippen molar-refractivity contribution in [1.29, 1.82) is 0 Å². The molecular weight excluding hydrogens is 388 g/mol. The molecular formula is C22H24N2O4S. The second-order valence-electron chi connectivity index (χ2n) is 7.23. The molecule has 29 heavy (non-hydrogen) atoms. The zero-order valence-corrected chi connectivity index (χ0v) is 17.4. The van der Waals surface area contributed by atoms with Crippen LogP contribution in [0.15, 0.2) is 60.7 Å². The van der Waals surface area contributed by atoms with Crippen LogP contribution in [0.25, 0.3) is 0 Å². The minimum atomic E-state index is -3.91. The van der Waals surface area contributed by atoms with Crippen molar-refractivity contribution >= 4 is 15.8 Å². The number of aromatic nitrogens is 1. The molecule has 1 atom stereocenters. The van der Waals surface area contributed by atoms with E-state index in [1.807, 2.05) is 13.0 Å². The van der Waals surface area contributed by atoms with Crippen LogP contribution in [-0.4, -0.2) is 26.3 Å². The number of ketones is 1. The second kappa shape index (κ2) is 7.85. The van der Waals surface area contributed by atoms with Crippen LogP contribution in [0.4, 0.5) is 0 Å². The molecule has 1 aromatic heterocycles. The number of sulfonamides is 1. The van der Waals surface area contributed by atoms with Gasteiger partial charge in [0.05, 0.1) is 12.8 Å². The van der Waals surface area contributed by atoms with Gasteiger partial charge in [0.25, 0.3) is 0 Å². The van der Waals surface area contributed by atoms with E-state index in [2.05, 4.69) is 4.98 Å². The Bertz CT molecular complexity index is 1140. The molecule has 7 heteroatoms. The van der Waals surface area contributed by atoms with Gasteiger partial charge in [0, 0.05) is 17.7 Å². The number of ether oxygens (including phenoxy) is 1. The quantitative estimate of drug-likeness (QED) is 0.581. The number of hydrogen-bond acceptors (Lipinski definition) is 4. The Kier molecular flexibility index (Phi) is 5.64. The lowest BCUT2D eigenvalue weighted by atomic mass is 9.95. The highest BCUT2D eigenvalue weighted by atomic mass is 32.2. The van der Waals surface area contributed by atoms with Gasteiger partial charge in [-0.3, -0.25) is 4.79 Å². The van der Waals surface area contributed by atoms with E-state index in [0.717, 1.165) is 5.56 Å². The SMILES string of the molecule is COc1ccc(C(=O)c2ccc(CC(C)(c3ccccc3)S(N)(=O)=O)[nH]2)c(C)c1. The van der Waals surface area contributed by atoms with Crippen molar-refractivity contribution in [3.63, 3.8) is 0 Å². The van der Waals surface area contributed by atoms with E-state index in [0.29, 0.717) is 28.3 Å². The van der Waals surface area contributed by atoms with E-state index in [1.165, 1.54) is 0 Å². The van der Waals surface area contributed by atoms with Gasteiger partial charge < -0.3 is 9.72 Å². The summed E-state index contributed by atoms with van der Waals surface area (Å²) in [5.74, 6) is 0.506. The largest absolute Gasteiger partial charge is 0.497 e. The monoisotopic (exact) mass is 412 g/mol. The van der Waals surface area contributed by atoms with Gasteiger partial charge in [-0.1, -0.05) is 30.3 Å². The highest BCUT2D eigenvalue weighted by molar-refractivity contribution is 7.90. The van der Waals surface area contributed by atoms with Gasteiger partial charge in [-0.05, 0) is 55.3 Å². The molecule has 0 aliphatic carbocycles. The predicted octanol–water partition coefficient (Wildman–Crippen LogP) is 3.31. The molecule has 0 amide bonds. The third-order valence-electron chi connectivity index (χ3n) is 5.21. The van der Waals surface area contributed by atoms with Gasteiger partial charge in [0.1, 0.15) is 10.5 Å². The van der Waals surface area contributed by atoms with Crippen LogP contribution in [0.1, 0.15) is 39.8 Å². The van der Waals surface area contributed by atoms with Crippen LogP contribution in [0.3, 0.4) is 0 Å². The predicted molar refractivity (Wildman–Crippen MR) is 113 cm³/mol. The first-order valence-corrected chi connectivity index (χ1v) is 10.7. The van der Waals surface area contributed by atoms with E-state index >= 15 is 0 Å². The van der Waals surface area contributed by atoms with Crippen molar-refractivity contribution in [3.05, 3.63) is 88.7 Å². The average molecular weight is 413 g/mol. The van der Waals surface area contributed by atoms with E-state index < -0.39 is 14.8 Å². The van der Waals surface area contributed by atoms with Crippen LogP contribution < -0.4 is 9.88 Å². The number of methoxy groups -OCH3 is 1. The van der Waals surface area contributed by atoms with E-state index in [4.69, 9.17) is 9.88 Å². The highest BCUT2D eigenvalue weighted by Crippen LogP contribution is 2.32. The van der Waals surface area contributed by atoms with Gasteiger partial charge in [-0.25, -0.2) is 13.6 Å². The van der Waals surface area contributed by atoms with Crippen molar-refractivity contribution in [2.24, 2.45) is 5.14 Å². The molecule has 0 fully saturated rings. The second-order valence-corrected chi connectivity index (χ2v) is 9.22. The van der Waals surface area contributed by atoms with Gasteiger partial charge in [0.2, 0.25) is 15.8 Å². The van der Waals surface area contributed by atoms with E-state index in [-0.39, 0.29) is 12.2 Å². The van der Waals surface area contributed by atoms with Crippen LogP contribution in [0.2, 0.25) is 0 Å². The smallest absolute Gasteiger partial charge is 0.219 e. The molecule has 3 aromatic rings. The number of aromatic amines is 1. The molecule has 2 aromatic carbocycles. The molecule has 0 aliphatic rings. The lowest BCUT2D eigenvalue weighted by Gasteiger charge is -2.27. The topological polar surface area (TPSA) is 102 Å². The molecule has 3 rings (SSSR count). The molecule has 0 radical (unpaired) electrons. The van der Waals surface area contributed by atoms with E-state index in [1.54, 1.807) is 68.6 Å². The molecule has 152 valence electrons. The Morgan fingerprint density at radius 3 is 2.38 bits per heavy atom. The molecule has 0 aliphatic heterocycles. The van der Waals surface area contributed by atoms with Crippen molar-refractivity contribution in [3.8, 4) is 5.75 Å². The molecule has 6 nitrogen and oxygen atoms in total. The third-order valence-corrected chi connectivity index (χ3v) is 6.85. The van der Waals surface area contributed by atoms with Crippen molar-refractivity contribution in [2.45, 2.75) is 25.0 Å². The number of rotatable bonds is 7. The molecule has 0 spiro atoms. The number of H-pyrrole nitrogens is 1. The summed E-state index contributed by atoms with van der Waals surface area (Å²) in [5.41, 5.74) is 2.94. The van der Waals surface area contributed by atoms with Crippen molar-refractivity contribution in [1.82, 2.24) is 4.98 Å². The van der Waals surface area contributed by atoms with Crippen molar-refractivity contribution in [2.75, 3.05) is 7.11 Å². The Hall–Kier alpha value is -2.90. The summed E-state index contributed by atoms with van der Waals surface area (Å²) in [4.78, 5) is 16.0. The maximum Gasteiger partial charge on any atom is 0.219 e. The minimum absolute atomic E-state index is 0.116. The average Bonchev–Trinajstić information content (AvgIpc) is 3.15. The lowest BCUT2D eigenvalue weighted by molar-refractivity contribution is 0.103. The normalized spacial score (nSPS) is 13.7. The molecule has 3 N–H and O–H groups in total. The first-order chi connectivity index (χ1) is 13.7. The fraction of sp³-hybridized carbons (Fsp3) is 0.227. The van der Waals surface area contributed by atoms with Crippen LogP contribution in [0.5, 0.6) is 5.75 Å². The zero-order chi connectivity index (χ0) is 21.2. The number of aryl methyl sites for hydroxylation is 1. The molecule has 1 unspecified atom stereocenters. The maximum atomic E-state index is 12.9. The number of hydrogen-bond donors (Lipinski definition) is 2. The summed E-state index contributed by atoms with van der Waals surface area (Å²) < 4.78 is 28.7. The summed E-state index contributed by atoms with van der Waals surface area (Å²) in [6.45, 7) is 3.43. The number of nitrogens with two attached hydrogens (primary N) is 1. The maximum absolute atomic E-state index is 12.9. The zero-order valence-electron chi connectivity index (χ0n) is 16.6. The number of carbonyl (C=O) groups excluding carboxylic acids is 1. The number of primary sulfonamides is 1. The minimum Gasteiger partial charge on any atom is -0.497 e. The summed E-state index contributed by atoms with van der Waals surface area (Å²) in [7, 11) is -2.34. The van der Waals surface area contributed by atoms with Crippen LogP contribution >= 0.6 is 0 Å². The first-order valence-electron chi connectivity index (χ1n) is 9.11. The number of nitrogens with one attached hydrogen (secondary N) is 1. The number of benzene rings is 2. The van der Waals surface area contributed by atoms with E-state index in [9.17, 15) is 13.2 Å². The Morgan fingerprint density at radius 1 is 1.10 bits per heavy atom. The fourth-order valence-corrected chi connectivity index (χ4v) is 4.18. The highest BCUT2D eigenvalue weighted by Gasteiger charge is 2.39. The summed E-state index contributed by atoms with van der Waals surface area (Å²) in [5, 5.41) is 5.58. The fourth-order valence-electron chi connectivity index (χ4n) is 3.36. The molecule has 0 saturated carbocycles. The first kappa shape index (κ1) is 20.8. The van der Waals surface area contributed by atoms with Gasteiger partial charge in [-0.2, -0.15) is 0 Å². The Labute approximate surface area is 170 Å². The Morgan fingerprint density at radius 2 is 1.79 bits per heavy atom. The van der Waals surface area contributed by atoms with Crippen LogP contribution in [0, 0.1) is 6.92 Å². The molecule has 0 bridgehead atoms. The third kappa shape index (κ3) is 4.11. The summed E-state index contributed by atoms with van der Waals surface area (Å²) >= 11 is 0. The number of carbonyl (C=O) groups is 1.